The second-order valence-corrected chi connectivity index (χ2v) is 6.71. The van der Waals surface area contributed by atoms with Crippen molar-refractivity contribution in [2.45, 2.75) is 39.5 Å². The van der Waals surface area contributed by atoms with Crippen LogP contribution in [0.3, 0.4) is 0 Å². The number of nitrogens with one attached hydrogen (secondary N) is 1. The zero-order chi connectivity index (χ0) is 21.4. The minimum Gasteiger partial charge on any atom is -0.496 e. The molecule has 2 aromatic carbocycles. The Morgan fingerprint density at radius 1 is 1.10 bits per heavy atom. The summed E-state index contributed by atoms with van der Waals surface area (Å²) in [6, 6.07) is 13.1. The molecule has 0 fully saturated rings. The van der Waals surface area contributed by atoms with Crippen LogP contribution >= 0.6 is 0 Å². The number of nitrogens with zero attached hydrogens (tertiary/aromatic N) is 1. The SMILES string of the molecule is CCC(=O)N(CC)C(=N)CCCc1cccc(-c2ccc(OC)c(C(=O)O)c2)c1. The number of hydrogen-bond acceptors (Lipinski definition) is 4. The van der Waals surface area contributed by atoms with Crippen molar-refractivity contribution in [3.05, 3.63) is 53.6 Å². The van der Waals surface area contributed by atoms with Gasteiger partial charge in [-0.05, 0) is 48.6 Å². The van der Waals surface area contributed by atoms with Gasteiger partial charge < -0.3 is 14.7 Å². The number of carbonyl (C=O) groups is 2. The first-order chi connectivity index (χ1) is 13.9. The lowest BCUT2D eigenvalue weighted by Gasteiger charge is -2.21. The zero-order valence-electron chi connectivity index (χ0n) is 17.2. The summed E-state index contributed by atoms with van der Waals surface area (Å²) < 4.78 is 5.12. The number of amides is 1. The van der Waals surface area contributed by atoms with E-state index in [-0.39, 0.29) is 11.5 Å². The Hall–Kier alpha value is -3.15. The third-order valence-corrected chi connectivity index (χ3v) is 4.81. The number of rotatable bonds is 9. The van der Waals surface area contributed by atoms with Crippen LogP contribution in [0, 0.1) is 5.41 Å². The minimum absolute atomic E-state index is 0.0202. The van der Waals surface area contributed by atoms with Crippen LogP contribution in [-0.2, 0) is 11.2 Å². The average molecular weight is 396 g/mol. The number of hydrogen-bond donors (Lipinski definition) is 2. The van der Waals surface area contributed by atoms with Crippen LogP contribution in [0.2, 0.25) is 0 Å². The Labute approximate surface area is 171 Å². The van der Waals surface area contributed by atoms with Crippen LogP contribution in [0.4, 0.5) is 0 Å². The molecule has 6 heteroatoms. The summed E-state index contributed by atoms with van der Waals surface area (Å²) in [5.41, 5.74) is 2.97. The molecule has 0 saturated carbocycles. The molecule has 0 radical (unpaired) electrons. The van der Waals surface area contributed by atoms with E-state index in [4.69, 9.17) is 10.1 Å². The molecule has 0 aliphatic rings. The number of carboxylic acid groups (broad SMARTS) is 1. The van der Waals surface area contributed by atoms with Crippen molar-refractivity contribution < 1.29 is 19.4 Å². The van der Waals surface area contributed by atoms with Crippen molar-refractivity contribution >= 4 is 17.7 Å². The molecular weight excluding hydrogens is 368 g/mol. The van der Waals surface area contributed by atoms with Gasteiger partial charge >= 0.3 is 5.97 Å². The van der Waals surface area contributed by atoms with E-state index in [1.54, 1.807) is 19.1 Å². The highest BCUT2D eigenvalue weighted by Crippen LogP contribution is 2.27. The first kappa shape index (κ1) is 22.1. The summed E-state index contributed by atoms with van der Waals surface area (Å²) in [6.45, 7) is 4.20. The Bertz CT molecular complexity index is 892. The molecule has 2 N–H and O–H groups in total. The van der Waals surface area contributed by atoms with E-state index in [1.165, 1.54) is 12.0 Å². The first-order valence-corrected chi connectivity index (χ1v) is 9.79. The molecule has 0 spiro atoms. The number of amidine groups is 1. The van der Waals surface area contributed by atoms with Gasteiger partial charge in [0, 0.05) is 19.4 Å². The molecule has 0 aliphatic heterocycles. The maximum absolute atomic E-state index is 11.9. The van der Waals surface area contributed by atoms with Crippen molar-refractivity contribution in [1.29, 1.82) is 5.41 Å². The first-order valence-electron chi connectivity index (χ1n) is 9.79. The lowest BCUT2D eigenvalue weighted by molar-refractivity contribution is -0.127. The van der Waals surface area contributed by atoms with Crippen LogP contribution in [0.5, 0.6) is 5.75 Å². The summed E-state index contributed by atoms with van der Waals surface area (Å²) in [5.74, 6) is -0.358. The molecule has 2 aromatic rings. The van der Waals surface area contributed by atoms with Gasteiger partial charge in [-0.2, -0.15) is 0 Å². The van der Waals surface area contributed by atoms with Crippen molar-refractivity contribution in [2.75, 3.05) is 13.7 Å². The standard InChI is InChI=1S/C23H28N2O4/c1-4-22(26)25(5-2)21(24)11-7-9-16-8-6-10-17(14-16)18-12-13-20(29-3)19(15-18)23(27)28/h6,8,10,12-15,24H,4-5,7,9,11H2,1-3H3,(H,27,28). The normalized spacial score (nSPS) is 10.4. The largest absolute Gasteiger partial charge is 0.496 e. The van der Waals surface area contributed by atoms with Crippen LogP contribution in [0.15, 0.2) is 42.5 Å². The molecule has 2 rings (SSSR count). The van der Waals surface area contributed by atoms with Gasteiger partial charge in [-0.15, -0.1) is 0 Å². The van der Waals surface area contributed by atoms with Gasteiger partial charge in [-0.25, -0.2) is 4.79 Å². The van der Waals surface area contributed by atoms with Crippen LogP contribution in [-0.4, -0.2) is 41.4 Å². The van der Waals surface area contributed by atoms with Gasteiger partial charge in [-0.1, -0.05) is 37.3 Å². The highest BCUT2D eigenvalue weighted by atomic mass is 16.5. The van der Waals surface area contributed by atoms with Crippen molar-refractivity contribution in [3.63, 3.8) is 0 Å². The summed E-state index contributed by atoms with van der Waals surface area (Å²) >= 11 is 0. The molecule has 0 atom stereocenters. The number of benzene rings is 2. The Balaban J connectivity index is 2.09. The number of carboxylic acids is 1. The fourth-order valence-electron chi connectivity index (χ4n) is 3.26. The molecule has 29 heavy (non-hydrogen) atoms. The second kappa shape index (κ2) is 10.4. The average Bonchev–Trinajstić information content (AvgIpc) is 2.73. The van der Waals surface area contributed by atoms with E-state index in [0.29, 0.717) is 31.0 Å². The van der Waals surface area contributed by atoms with Gasteiger partial charge in [0.1, 0.15) is 17.1 Å². The number of ether oxygens (including phenoxy) is 1. The van der Waals surface area contributed by atoms with E-state index >= 15 is 0 Å². The van der Waals surface area contributed by atoms with E-state index < -0.39 is 5.97 Å². The van der Waals surface area contributed by atoms with Gasteiger partial charge in [0.25, 0.3) is 0 Å². The molecular formula is C23H28N2O4. The maximum Gasteiger partial charge on any atom is 0.339 e. The summed E-state index contributed by atoms with van der Waals surface area (Å²) in [6.07, 6.45) is 2.47. The van der Waals surface area contributed by atoms with Gasteiger partial charge in [0.05, 0.1) is 7.11 Å². The number of aryl methyl sites for hydroxylation is 1. The van der Waals surface area contributed by atoms with E-state index in [0.717, 1.165) is 29.5 Å². The highest BCUT2D eigenvalue weighted by molar-refractivity contribution is 5.96. The topological polar surface area (TPSA) is 90.7 Å². The lowest BCUT2D eigenvalue weighted by atomic mass is 9.98. The third-order valence-electron chi connectivity index (χ3n) is 4.81. The molecule has 154 valence electrons. The van der Waals surface area contributed by atoms with E-state index in [2.05, 4.69) is 0 Å². The monoisotopic (exact) mass is 396 g/mol. The van der Waals surface area contributed by atoms with Crippen molar-refractivity contribution in [1.82, 2.24) is 4.90 Å². The Morgan fingerprint density at radius 3 is 2.45 bits per heavy atom. The number of methoxy groups -OCH3 is 1. The number of carbonyl (C=O) groups excluding carboxylic acids is 1. The van der Waals surface area contributed by atoms with Gasteiger partial charge in [0.15, 0.2) is 0 Å². The summed E-state index contributed by atoms with van der Waals surface area (Å²) in [7, 11) is 1.45. The quantitative estimate of drug-likeness (QED) is 0.478. The van der Waals surface area contributed by atoms with Gasteiger partial charge in [0.2, 0.25) is 5.91 Å². The van der Waals surface area contributed by atoms with Crippen molar-refractivity contribution in [3.8, 4) is 16.9 Å². The predicted molar refractivity (Wildman–Crippen MR) is 114 cm³/mol. The summed E-state index contributed by atoms with van der Waals surface area (Å²) in [5, 5.41) is 17.5. The number of aromatic carboxylic acids is 1. The molecule has 0 bridgehead atoms. The Morgan fingerprint density at radius 2 is 1.83 bits per heavy atom. The molecule has 0 aromatic heterocycles. The van der Waals surface area contributed by atoms with Crippen LogP contribution in [0.25, 0.3) is 11.1 Å². The second-order valence-electron chi connectivity index (χ2n) is 6.71. The van der Waals surface area contributed by atoms with E-state index in [9.17, 15) is 14.7 Å². The maximum atomic E-state index is 11.9. The van der Waals surface area contributed by atoms with Crippen molar-refractivity contribution in [2.24, 2.45) is 0 Å². The van der Waals surface area contributed by atoms with Crippen LogP contribution < -0.4 is 4.74 Å². The fraction of sp³-hybridized carbons (Fsp3) is 0.348. The van der Waals surface area contributed by atoms with Crippen LogP contribution in [0.1, 0.15) is 49.0 Å². The highest BCUT2D eigenvalue weighted by Gasteiger charge is 2.15. The molecule has 0 saturated heterocycles. The molecule has 0 aliphatic carbocycles. The third kappa shape index (κ3) is 5.67. The minimum atomic E-state index is -1.03. The van der Waals surface area contributed by atoms with Gasteiger partial charge in [-0.3, -0.25) is 10.2 Å². The van der Waals surface area contributed by atoms with E-state index in [1.807, 2.05) is 37.3 Å². The lowest BCUT2D eigenvalue weighted by Crippen LogP contribution is -2.35. The molecule has 0 heterocycles. The molecule has 6 nitrogen and oxygen atoms in total. The summed E-state index contributed by atoms with van der Waals surface area (Å²) in [4.78, 5) is 24.9. The smallest absolute Gasteiger partial charge is 0.339 e. The Kier molecular flexibility index (Phi) is 7.95. The zero-order valence-corrected chi connectivity index (χ0v) is 17.2. The predicted octanol–water partition coefficient (Wildman–Crippen LogP) is 4.62. The molecule has 1 amide bonds. The fourth-order valence-corrected chi connectivity index (χ4v) is 3.26. The molecule has 0 unspecified atom stereocenters.